The highest BCUT2D eigenvalue weighted by molar-refractivity contribution is 9.10. The molecule has 1 amide bonds. The second-order valence-corrected chi connectivity index (χ2v) is 11.0. The molecule has 0 aliphatic carbocycles. The Morgan fingerprint density at radius 2 is 1.88 bits per heavy atom. The molecule has 2 unspecified atom stereocenters. The van der Waals surface area contributed by atoms with Crippen molar-refractivity contribution in [3.63, 3.8) is 0 Å². The number of nitrogens with zero attached hydrogens (tertiary/aromatic N) is 2. The van der Waals surface area contributed by atoms with Gasteiger partial charge in [-0.05, 0) is 66.5 Å². The van der Waals surface area contributed by atoms with Gasteiger partial charge < -0.3 is 4.90 Å². The van der Waals surface area contributed by atoms with E-state index in [4.69, 9.17) is 0 Å². The molecule has 34 heavy (non-hydrogen) atoms. The van der Waals surface area contributed by atoms with Crippen LogP contribution in [0.2, 0.25) is 0 Å². The number of carbonyl (C=O) groups excluding carboxylic acids is 1. The first kappa shape index (κ1) is 23.2. The molecular weight excluding hydrogens is 484 g/mol. The number of halogens is 1. The number of rotatable bonds is 6. The Hall–Kier alpha value is -2.59. The number of fused-ring (bicyclic) bond motifs is 2. The van der Waals surface area contributed by atoms with Gasteiger partial charge in [-0.15, -0.1) is 0 Å². The Balaban J connectivity index is 1.41. The lowest BCUT2D eigenvalue weighted by molar-refractivity contribution is -0.111. The molecule has 176 valence electrons. The van der Waals surface area contributed by atoms with E-state index in [-0.39, 0.29) is 11.8 Å². The summed E-state index contributed by atoms with van der Waals surface area (Å²) >= 11 is 3.48. The van der Waals surface area contributed by atoms with Crippen LogP contribution in [0, 0.1) is 5.92 Å². The van der Waals surface area contributed by atoms with Crippen LogP contribution in [0.25, 0.3) is 5.57 Å². The fraction of sp³-hybridized carbons (Fsp3) is 0.367. The number of hydrogen-bond donors (Lipinski definition) is 0. The van der Waals surface area contributed by atoms with E-state index in [2.05, 4.69) is 96.9 Å². The van der Waals surface area contributed by atoms with Crippen molar-refractivity contribution in [3.8, 4) is 0 Å². The normalized spacial score (nSPS) is 21.0. The van der Waals surface area contributed by atoms with Gasteiger partial charge in [0.2, 0.25) is 0 Å². The van der Waals surface area contributed by atoms with Crippen molar-refractivity contribution >= 4 is 39.0 Å². The summed E-state index contributed by atoms with van der Waals surface area (Å²) in [5.74, 6) is 0.973. The molecule has 2 atom stereocenters. The van der Waals surface area contributed by atoms with Gasteiger partial charge >= 0.3 is 0 Å². The van der Waals surface area contributed by atoms with Crippen molar-refractivity contribution in [2.24, 2.45) is 5.92 Å². The van der Waals surface area contributed by atoms with E-state index in [1.807, 2.05) is 6.07 Å². The van der Waals surface area contributed by atoms with Gasteiger partial charge in [0, 0.05) is 23.7 Å². The van der Waals surface area contributed by atoms with Gasteiger partial charge in [-0.3, -0.25) is 4.79 Å². The van der Waals surface area contributed by atoms with Crippen LogP contribution >= 0.6 is 16.1 Å². The molecule has 0 aromatic heterocycles. The van der Waals surface area contributed by atoms with Crippen molar-refractivity contribution in [2.45, 2.75) is 58.4 Å². The van der Waals surface area contributed by atoms with E-state index in [1.54, 1.807) is 3.93 Å². The average molecular weight is 518 g/mol. The van der Waals surface area contributed by atoms with Gasteiger partial charge in [0.05, 0.1) is 33.4 Å². The molecule has 0 spiro atoms. The largest absolute Gasteiger partial charge is 0.364 e. The van der Waals surface area contributed by atoms with E-state index < -0.39 is 0 Å². The van der Waals surface area contributed by atoms with Crippen LogP contribution in [0.3, 0.4) is 0 Å². The van der Waals surface area contributed by atoms with Gasteiger partial charge in [0.1, 0.15) is 0 Å². The Bertz CT molecular complexity index is 1190. The summed E-state index contributed by atoms with van der Waals surface area (Å²) in [7, 11) is 0. The summed E-state index contributed by atoms with van der Waals surface area (Å²) in [4.78, 5) is 15.6. The van der Waals surface area contributed by atoms with Crippen LogP contribution in [-0.2, 0) is 11.2 Å². The van der Waals surface area contributed by atoms with Crippen molar-refractivity contribution in [3.05, 3.63) is 89.0 Å². The number of hydrogen-bond acceptors (Lipinski definition) is 2. The minimum Gasteiger partial charge on any atom is -0.364 e. The summed E-state index contributed by atoms with van der Waals surface area (Å²) in [5, 5.41) is 0. The second kappa shape index (κ2) is 9.22. The molecule has 1 saturated heterocycles. The molecule has 3 aliphatic rings. The van der Waals surface area contributed by atoms with Gasteiger partial charge in [0.25, 0.3) is 5.91 Å². The number of benzene rings is 2. The highest BCUT2D eigenvalue weighted by atomic mass is 79.9. The molecule has 5 rings (SSSR count). The number of amides is 1. The van der Waals surface area contributed by atoms with E-state index >= 15 is 0 Å². The third-order valence-corrected chi connectivity index (χ3v) is 8.21. The van der Waals surface area contributed by atoms with Gasteiger partial charge in [-0.25, -0.2) is 3.93 Å². The summed E-state index contributed by atoms with van der Waals surface area (Å²) in [6, 6.07) is 15.6. The number of allylic oxidation sites excluding steroid dienone is 2. The fourth-order valence-corrected chi connectivity index (χ4v) is 6.08. The first-order chi connectivity index (χ1) is 16.3. The molecule has 0 bridgehead atoms. The lowest BCUT2D eigenvalue weighted by atomic mass is 9.89. The fourth-order valence-electron chi connectivity index (χ4n) is 5.60. The first-order valence-electron chi connectivity index (χ1n) is 12.4. The summed E-state index contributed by atoms with van der Waals surface area (Å²) in [6.07, 6.45) is 8.67. The SMILES string of the molecule is C=C(C/C=C1\C=C2C(=O)N(Br)c3cccc(c32)N2CCCC12)C(C)c1ccc(CC(C)C)cc1. The van der Waals surface area contributed by atoms with Crippen molar-refractivity contribution < 1.29 is 4.79 Å². The predicted molar refractivity (Wildman–Crippen MR) is 146 cm³/mol. The Morgan fingerprint density at radius 1 is 1.15 bits per heavy atom. The number of anilines is 2. The summed E-state index contributed by atoms with van der Waals surface area (Å²) in [6.45, 7) is 12.2. The Morgan fingerprint density at radius 3 is 2.62 bits per heavy atom. The van der Waals surface area contributed by atoms with Gasteiger partial charge in [-0.2, -0.15) is 0 Å². The molecule has 3 aliphatic heterocycles. The maximum Gasteiger partial charge on any atom is 0.269 e. The van der Waals surface area contributed by atoms with Crippen molar-refractivity contribution in [2.75, 3.05) is 15.4 Å². The molecule has 2 aromatic carbocycles. The topological polar surface area (TPSA) is 23.6 Å². The van der Waals surface area contributed by atoms with Crippen molar-refractivity contribution in [1.29, 1.82) is 0 Å². The minimum atomic E-state index is 0.0169. The predicted octanol–water partition coefficient (Wildman–Crippen LogP) is 7.58. The van der Waals surface area contributed by atoms with E-state index in [1.165, 1.54) is 34.4 Å². The molecular formula is C30H33BrN2O. The zero-order chi connectivity index (χ0) is 24.0. The maximum absolute atomic E-state index is 13.1. The van der Waals surface area contributed by atoms with Crippen LogP contribution in [0.5, 0.6) is 0 Å². The average Bonchev–Trinajstić information content (AvgIpc) is 3.36. The van der Waals surface area contributed by atoms with Crippen LogP contribution in [0.15, 0.2) is 72.3 Å². The van der Waals surface area contributed by atoms with Crippen LogP contribution < -0.4 is 8.83 Å². The van der Waals surface area contributed by atoms with Crippen LogP contribution in [0.1, 0.15) is 62.6 Å². The van der Waals surface area contributed by atoms with E-state index in [0.717, 1.165) is 42.6 Å². The number of carbonyl (C=O) groups is 1. The third-order valence-electron chi connectivity index (χ3n) is 7.50. The molecule has 0 N–H and O–H groups in total. The first-order valence-corrected chi connectivity index (χ1v) is 13.1. The summed E-state index contributed by atoms with van der Waals surface area (Å²) in [5.41, 5.74) is 9.14. The standard InChI is InChI=1S/C30H33BrN2O/c1-19(2)17-22-11-14-23(15-12-22)21(4)20(3)10-13-24-18-25-29-27(32-16-6-9-26(24)32)7-5-8-28(29)33(31)30(25)34/h5,7-8,11-15,18-19,21,26H,3,6,9-10,16-17H2,1-2,4H3/b24-13+. The Kier molecular flexibility index (Phi) is 6.28. The highest BCUT2D eigenvalue weighted by Gasteiger charge is 2.40. The molecule has 0 saturated carbocycles. The van der Waals surface area contributed by atoms with E-state index in [0.29, 0.717) is 12.0 Å². The molecule has 4 heteroatoms. The molecule has 1 fully saturated rings. The van der Waals surface area contributed by atoms with Crippen molar-refractivity contribution in [1.82, 2.24) is 0 Å². The van der Waals surface area contributed by atoms with Crippen LogP contribution in [-0.4, -0.2) is 18.5 Å². The molecule has 3 heterocycles. The minimum absolute atomic E-state index is 0.0169. The molecule has 3 nitrogen and oxygen atoms in total. The molecule has 0 radical (unpaired) electrons. The van der Waals surface area contributed by atoms with Crippen LogP contribution in [0.4, 0.5) is 11.4 Å². The summed E-state index contributed by atoms with van der Waals surface area (Å²) < 4.78 is 1.61. The van der Waals surface area contributed by atoms with Gasteiger partial charge in [0.15, 0.2) is 0 Å². The van der Waals surface area contributed by atoms with E-state index in [9.17, 15) is 4.79 Å². The highest BCUT2D eigenvalue weighted by Crippen LogP contribution is 2.49. The third kappa shape index (κ3) is 4.07. The lowest BCUT2D eigenvalue weighted by Gasteiger charge is -2.28. The zero-order valence-electron chi connectivity index (χ0n) is 20.4. The quantitative estimate of drug-likeness (QED) is 0.291. The lowest BCUT2D eigenvalue weighted by Crippen LogP contribution is -2.30. The second-order valence-electron chi connectivity index (χ2n) is 10.3. The zero-order valence-corrected chi connectivity index (χ0v) is 21.9. The Labute approximate surface area is 212 Å². The van der Waals surface area contributed by atoms with Gasteiger partial charge in [-0.1, -0.05) is 69.3 Å². The molecule has 2 aromatic rings. The monoisotopic (exact) mass is 516 g/mol. The maximum atomic E-state index is 13.1. The smallest absolute Gasteiger partial charge is 0.269 e.